The second-order valence-electron chi connectivity index (χ2n) is 31.7. The lowest BCUT2D eigenvalue weighted by molar-refractivity contribution is 0.381. The Morgan fingerprint density at radius 2 is 0.452 bits per heavy atom. The molecule has 610 valence electrons. The van der Waals surface area contributed by atoms with Crippen molar-refractivity contribution in [1.82, 2.24) is 9.13 Å². The van der Waals surface area contributed by atoms with Crippen LogP contribution in [0.4, 0.5) is 82.4 Å². The van der Waals surface area contributed by atoms with Crippen molar-refractivity contribution in [2.75, 3.05) is 9.80 Å². The predicted octanol–water partition coefficient (Wildman–Crippen LogP) is 32.0. The molecule has 126 heavy (non-hydrogen) atoms. The summed E-state index contributed by atoms with van der Waals surface area (Å²) in [5.41, 5.74) is 23.3. The molecule has 0 bridgehead atoms. The van der Waals surface area contributed by atoms with Gasteiger partial charge in [-0.25, -0.2) is 48.3 Å². The minimum absolute atomic E-state index is 0.146. The zero-order chi connectivity index (χ0) is 86.3. The lowest BCUT2D eigenvalue weighted by Crippen LogP contribution is -2.14. The van der Waals surface area contributed by atoms with Gasteiger partial charge >= 0.3 is 0 Å². The van der Waals surface area contributed by atoms with E-state index in [0.717, 1.165) is 128 Å². The summed E-state index contributed by atoms with van der Waals surface area (Å²) in [4.78, 5) is 3.94. The number of nitrogens with zero attached hydrogens (tertiary/aromatic N) is 4. The smallest absolute Gasteiger partial charge is 0.200 e. The lowest BCUT2D eigenvalue weighted by atomic mass is 9.81. The van der Waals surface area contributed by atoms with E-state index in [1.165, 1.54) is 64.0 Å². The van der Waals surface area contributed by atoms with Crippen molar-refractivity contribution in [1.29, 1.82) is 0 Å². The quantitative estimate of drug-likeness (QED) is 0.0578. The van der Waals surface area contributed by atoms with E-state index < -0.39 is 69.3 Å². The highest BCUT2D eigenvalue weighted by molar-refractivity contribution is 6.12. The van der Waals surface area contributed by atoms with Gasteiger partial charge in [0.2, 0.25) is 11.6 Å². The maximum absolute atomic E-state index is 14.9. The van der Waals surface area contributed by atoms with Gasteiger partial charge in [-0.1, -0.05) is 257 Å². The molecule has 4 nitrogen and oxygen atoms in total. The van der Waals surface area contributed by atoms with Crippen LogP contribution in [0.1, 0.15) is 25.0 Å². The van der Waals surface area contributed by atoms with Crippen LogP contribution >= 0.6 is 0 Å². The van der Waals surface area contributed by atoms with Crippen LogP contribution in [0.25, 0.3) is 144 Å². The summed E-state index contributed by atoms with van der Waals surface area (Å²) in [5, 5.41) is 4.61. The Hall–Kier alpha value is -15.6. The minimum Gasteiger partial charge on any atom is -0.311 e. The number of aromatic nitrogens is 2. The number of halogens is 11. The number of fused-ring (bicyclic) bond motifs is 9. The molecule has 0 saturated carbocycles. The third kappa shape index (κ3) is 13.9. The fourth-order valence-corrected chi connectivity index (χ4v) is 17.8. The zero-order valence-electron chi connectivity index (χ0n) is 67.3. The maximum atomic E-state index is 14.9. The Morgan fingerprint density at radius 1 is 0.198 bits per heavy atom. The summed E-state index contributed by atoms with van der Waals surface area (Å²) < 4.78 is 162. The molecule has 0 N–H and O–H groups in total. The highest BCUT2D eigenvalue weighted by atomic mass is 19.2. The van der Waals surface area contributed by atoms with Crippen molar-refractivity contribution < 1.29 is 48.3 Å². The van der Waals surface area contributed by atoms with E-state index in [4.69, 9.17) is 0 Å². The largest absolute Gasteiger partial charge is 0.311 e. The van der Waals surface area contributed by atoms with Gasteiger partial charge in [-0.05, 0) is 229 Å². The highest BCUT2D eigenvalue weighted by Gasteiger charge is 2.36. The van der Waals surface area contributed by atoms with Gasteiger partial charge in [0.05, 0.1) is 33.2 Å². The third-order valence-electron chi connectivity index (χ3n) is 24.1. The van der Waals surface area contributed by atoms with Crippen molar-refractivity contribution in [3.8, 4) is 100 Å². The topological polar surface area (TPSA) is 16.3 Å². The molecule has 15 heteroatoms. The molecule has 0 atom stereocenters. The summed E-state index contributed by atoms with van der Waals surface area (Å²) in [6.45, 7) is 4.52. The monoisotopic (exact) mass is 1670 g/mol. The summed E-state index contributed by atoms with van der Waals surface area (Å²) in [5.74, 6) is -20.2. The molecule has 21 rings (SSSR count). The SMILES string of the molecule is CC1(C)c2ccccc2-c2ccc(-c3ccc(N(c4ccc(-c5ccc6c7ccccc7n(-c7ccccc7)c6c5)cc4)c4ccc(-c5c(F)c(F)c(F)c(F)c5F)cc4)cc3)cc21.Fc1ccc(-c2ccc(-c3ccc(N(c4ccc(-c5ccc6c7ccccc7n(-c7ccccc7)c6c5)cc4)c4ccc(-c5c(F)c(F)c(F)c(F)c5F)cc4)cc3)cc2)cc1. The van der Waals surface area contributed by atoms with Crippen molar-refractivity contribution in [2.24, 2.45) is 0 Å². The van der Waals surface area contributed by atoms with E-state index in [0.29, 0.717) is 11.4 Å². The lowest BCUT2D eigenvalue weighted by Gasteiger charge is -2.26. The molecule has 18 aromatic carbocycles. The molecule has 2 heterocycles. The minimum atomic E-state index is -2.21. The van der Waals surface area contributed by atoms with Gasteiger partial charge in [-0.2, -0.15) is 0 Å². The van der Waals surface area contributed by atoms with E-state index in [-0.39, 0.29) is 22.4 Å². The predicted molar refractivity (Wildman–Crippen MR) is 486 cm³/mol. The molecule has 0 unspecified atom stereocenters. The summed E-state index contributed by atoms with van der Waals surface area (Å²) in [6, 6.07) is 124. The number of anilines is 6. The van der Waals surface area contributed by atoms with Crippen LogP contribution < -0.4 is 9.80 Å². The number of hydrogen-bond donors (Lipinski definition) is 0. The Bertz CT molecular complexity index is 7550. The first kappa shape index (κ1) is 78.9. The molecule has 0 fully saturated rings. The first-order valence-electron chi connectivity index (χ1n) is 40.9. The normalized spacial score (nSPS) is 12.1. The van der Waals surface area contributed by atoms with Crippen molar-refractivity contribution in [2.45, 2.75) is 19.3 Å². The average molecular weight is 1670 g/mol. The second kappa shape index (κ2) is 32.0. The molecule has 1 aliphatic carbocycles. The van der Waals surface area contributed by atoms with Gasteiger partial charge in [0.25, 0.3) is 0 Å². The van der Waals surface area contributed by atoms with Crippen molar-refractivity contribution >= 4 is 77.7 Å². The van der Waals surface area contributed by atoms with E-state index in [1.54, 1.807) is 36.4 Å². The fourth-order valence-electron chi connectivity index (χ4n) is 17.8. The first-order valence-corrected chi connectivity index (χ1v) is 40.9. The molecule has 0 aliphatic heterocycles. The maximum Gasteiger partial charge on any atom is 0.200 e. The van der Waals surface area contributed by atoms with Gasteiger partial charge in [0.15, 0.2) is 46.5 Å². The fraction of sp³-hybridized carbons (Fsp3) is 0.0270. The standard InChI is InChI=1S/C57H37F5N2.C54H32F6N2/c1-57(2)47-14-8-6-12-43(47)44-30-22-37(32-48(44)57)34-16-24-40(25-17-34)63(42-28-20-36(21-29-42)51-52(58)54(60)56(62)55(61)53(51)59)41-26-18-35(19-27-41)38-23-31-46-45-13-7-9-15-49(45)64(50(46)33-38)39-10-4-3-5-11-39;55-40-23-14-35(15-24-40)33-10-12-34(13-11-33)36-16-25-42(26-17-36)61(44-29-20-38(21-30-44)49-50(56)52(58)54(60)53(59)51(49)57)43-27-18-37(19-28-43)39-22-31-46-45-8-4-5-9-47(45)62(48(46)32-39)41-6-2-1-3-7-41/h3-33H,1-2H3;1-32H. The van der Waals surface area contributed by atoms with Gasteiger partial charge in [-0.15, -0.1) is 0 Å². The average Bonchev–Trinajstić information content (AvgIpc) is 1.58. The van der Waals surface area contributed by atoms with Crippen LogP contribution in [0.15, 0.2) is 382 Å². The number of para-hydroxylation sites is 4. The number of hydrogen-bond acceptors (Lipinski definition) is 2. The Balaban J connectivity index is 0.000000159. The highest BCUT2D eigenvalue weighted by Crippen LogP contribution is 2.51. The van der Waals surface area contributed by atoms with E-state index in [9.17, 15) is 48.3 Å². The molecule has 0 spiro atoms. The molecular weight excluding hydrogens is 1600 g/mol. The molecule has 1 aliphatic rings. The van der Waals surface area contributed by atoms with E-state index in [2.05, 4.69) is 187 Å². The summed E-state index contributed by atoms with van der Waals surface area (Å²) in [7, 11) is 0. The number of rotatable bonds is 15. The van der Waals surface area contributed by atoms with Crippen LogP contribution in [0.5, 0.6) is 0 Å². The van der Waals surface area contributed by atoms with Gasteiger partial charge in [0, 0.05) is 72.5 Å². The Kier molecular flexibility index (Phi) is 20.0. The van der Waals surface area contributed by atoms with Gasteiger partial charge < -0.3 is 18.9 Å². The van der Waals surface area contributed by atoms with Crippen LogP contribution in [0.3, 0.4) is 0 Å². The first-order chi connectivity index (χ1) is 61.3. The molecule has 20 aromatic rings. The molecular formula is C111H69F11N4. The molecule has 0 amide bonds. The van der Waals surface area contributed by atoms with E-state index >= 15 is 0 Å². The second-order valence-corrected chi connectivity index (χ2v) is 31.7. The summed E-state index contributed by atoms with van der Waals surface area (Å²) in [6.07, 6.45) is 0. The van der Waals surface area contributed by atoms with Crippen LogP contribution in [-0.2, 0) is 5.41 Å². The molecule has 0 radical (unpaired) electrons. The van der Waals surface area contributed by atoms with Crippen molar-refractivity contribution in [3.63, 3.8) is 0 Å². The Morgan fingerprint density at radius 3 is 0.817 bits per heavy atom. The van der Waals surface area contributed by atoms with Crippen LogP contribution in [-0.4, -0.2) is 9.13 Å². The van der Waals surface area contributed by atoms with Gasteiger partial charge in [0.1, 0.15) is 5.82 Å². The Labute approximate surface area is 717 Å². The third-order valence-corrected chi connectivity index (χ3v) is 24.1. The number of benzene rings is 18. The molecule has 0 saturated heterocycles. The zero-order valence-corrected chi connectivity index (χ0v) is 67.3. The van der Waals surface area contributed by atoms with Crippen LogP contribution in [0.2, 0.25) is 0 Å². The molecule has 2 aromatic heterocycles. The summed E-state index contributed by atoms with van der Waals surface area (Å²) >= 11 is 0. The van der Waals surface area contributed by atoms with Crippen LogP contribution in [0, 0.1) is 64.0 Å². The van der Waals surface area contributed by atoms with E-state index in [1.807, 2.05) is 155 Å². The van der Waals surface area contributed by atoms with Gasteiger partial charge in [-0.3, -0.25) is 0 Å². The van der Waals surface area contributed by atoms with Crippen molar-refractivity contribution in [3.05, 3.63) is 457 Å².